The molecular weight excluding hydrogens is 91.1 g/mol. The highest BCUT2D eigenvalue weighted by atomic mass is 19.1. The maximum Gasteiger partial charge on any atom is 0.0926 e. The van der Waals surface area contributed by atoms with Gasteiger partial charge in [-0.1, -0.05) is 19.9 Å². The largest absolute Gasteiger partial charge is 0.213 e. The summed E-state index contributed by atoms with van der Waals surface area (Å²) in [5, 5.41) is 0. The first-order valence-electron chi connectivity index (χ1n) is 2.56. The Balaban J connectivity index is 0. The molecule has 0 aromatic carbocycles. The summed E-state index contributed by atoms with van der Waals surface area (Å²) in [5.74, 6) is -0.120. The second-order valence-corrected chi connectivity index (χ2v) is 0.875. The lowest BCUT2D eigenvalue weighted by molar-refractivity contribution is 0.638. The van der Waals surface area contributed by atoms with Gasteiger partial charge in [0.25, 0.3) is 0 Å². The highest BCUT2D eigenvalue weighted by molar-refractivity contribution is 4.80. The van der Waals surface area contributed by atoms with Gasteiger partial charge in [-0.25, -0.2) is 4.39 Å². The molecule has 0 saturated carbocycles. The second-order valence-electron chi connectivity index (χ2n) is 0.875. The van der Waals surface area contributed by atoms with Crippen molar-refractivity contribution in [1.82, 2.24) is 0 Å². The summed E-state index contributed by atoms with van der Waals surface area (Å²) in [5.41, 5.74) is 0. The first-order valence-corrected chi connectivity index (χ1v) is 2.56. The Morgan fingerprint density at radius 1 is 1.43 bits per heavy atom. The van der Waals surface area contributed by atoms with Crippen molar-refractivity contribution in [3.05, 3.63) is 11.9 Å². The Bertz CT molecular complexity index is 42.1. The van der Waals surface area contributed by atoms with E-state index in [0.717, 1.165) is 0 Å². The summed E-state index contributed by atoms with van der Waals surface area (Å²) in [6.07, 6.45) is 1.42. The van der Waals surface area contributed by atoms with E-state index in [4.69, 9.17) is 0 Å². The lowest BCUT2D eigenvalue weighted by Gasteiger charge is -1.68. The first-order chi connectivity index (χ1) is 3.27. The molecule has 44 valence electrons. The van der Waals surface area contributed by atoms with Gasteiger partial charge in [0.2, 0.25) is 0 Å². The van der Waals surface area contributed by atoms with Crippen LogP contribution in [0.5, 0.6) is 0 Å². The number of hydrogen-bond acceptors (Lipinski definition) is 0. The fraction of sp³-hybridized carbons (Fsp3) is 0.667. The van der Waals surface area contributed by atoms with Gasteiger partial charge in [0, 0.05) is 0 Å². The smallest absolute Gasteiger partial charge is 0.0926 e. The molecule has 0 spiro atoms. The molecule has 0 aliphatic heterocycles. The minimum Gasteiger partial charge on any atom is -0.213 e. The Morgan fingerprint density at radius 2 is 1.57 bits per heavy atom. The van der Waals surface area contributed by atoms with E-state index in [1.807, 2.05) is 13.8 Å². The minimum absolute atomic E-state index is 0.120. The Kier molecular flexibility index (Phi) is 12.9. The van der Waals surface area contributed by atoms with E-state index in [1.54, 1.807) is 6.92 Å². The van der Waals surface area contributed by atoms with Gasteiger partial charge in [-0.15, -0.1) is 0 Å². The van der Waals surface area contributed by atoms with E-state index in [1.165, 1.54) is 13.0 Å². The molecule has 0 rings (SSSR count). The van der Waals surface area contributed by atoms with E-state index in [9.17, 15) is 4.39 Å². The number of halogens is 1. The van der Waals surface area contributed by atoms with Crippen molar-refractivity contribution in [2.24, 2.45) is 0 Å². The van der Waals surface area contributed by atoms with Crippen LogP contribution in [0.4, 0.5) is 4.39 Å². The predicted octanol–water partition coefficient (Wildman–Crippen LogP) is 2.91. The topological polar surface area (TPSA) is 0 Å². The lowest BCUT2D eigenvalue weighted by atomic mass is 10.6. The molecule has 0 radical (unpaired) electrons. The molecule has 0 unspecified atom stereocenters. The normalized spacial score (nSPS) is 9.57. The van der Waals surface area contributed by atoms with Gasteiger partial charge in [0.15, 0.2) is 0 Å². The molecule has 1 heteroatoms. The van der Waals surface area contributed by atoms with E-state index in [0.29, 0.717) is 0 Å². The molecule has 0 atom stereocenters. The maximum absolute atomic E-state index is 11.3. The number of rotatable bonds is 0. The van der Waals surface area contributed by atoms with Crippen molar-refractivity contribution < 1.29 is 4.39 Å². The molecule has 0 fully saturated rings. The van der Waals surface area contributed by atoms with Crippen molar-refractivity contribution in [3.63, 3.8) is 0 Å². The lowest BCUT2D eigenvalue weighted by Crippen LogP contribution is -1.48. The third-order valence-corrected chi connectivity index (χ3v) is 0.398. The van der Waals surface area contributed by atoms with Crippen molar-refractivity contribution in [2.45, 2.75) is 27.7 Å². The van der Waals surface area contributed by atoms with Crippen LogP contribution in [0.15, 0.2) is 11.9 Å². The Hall–Kier alpha value is -0.330. The van der Waals surface area contributed by atoms with Crippen LogP contribution >= 0.6 is 0 Å². The zero-order valence-corrected chi connectivity index (χ0v) is 5.46. The standard InChI is InChI=1S/C4H7F.C2H6/c1-3-4(2)5;1-2/h3H,1-2H3;1-2H3/b4-3-;. The number of allylic oxidation sites excluding steroid dienone is 2. The van der Waals surface area contributed by atoms with E-state index in [-0.39, 0.29) is 5.83 Å². The van der Waals surface area contributed by atoms with Crippen molar-refractivity contribution in [1.29, 1.82) is 0 Å². The monoisotopic (exact) mass is 104 g/mol. The van der Waals surface area contributed by atoms with Crippen LogP contribution in [0.2, 0.25) is 0 Å². The van der Waals surface area contributed by atoms with Gasteiger partial charge < -0.3 is 0 Å². The highest BCUT2D eigenvalue weighted by Gasteiger charge is 1.66. The second kappa shape index (κ2) is 9.18. The minimum atomic E-state index is -0.120. The van der Waals surface area contributed by atoms with Gasteiger partial charge in [0.05, 0.1) is 5.83 Å². The Labute approximate surface area is 45.0 Å². The molecule has 0 nitrogen and oxygen atoms in total. The van der Waals surface area contributed by atoms with Crippen LogP contribution in [0.1, 0.15) is 27.7 Å². The molecule has 0 bridgehead atoms. The molecule has 0 aliphatic carbocycles. The molecule has 0 aliphatic rings. The van der Waals surface area contributed by atoms with E-state index < -0.39 is 0 Å². The average Bonchev–Trinajstić information content (AvgIpc) is 1.73. The third-order valence-electron chi connectivity index (χ3n) is 0.398. The fourth-order valence-corrected chi connectivity index (χ4v) is 0. The molecule has 0 heterocycles. The van der Waals surface area contributed by atoms with Crippen LogP contribution in [0.3, 0.4) is 0 Å². The molecule has 7 heavy (non-hydrogen) atoms. The molecule has 0 N–H and O–H groups in total. The highest BCUT2D eigenvalue weighted by Crippen LogP contribution is 1.87. The average molecular weight is 104 g/mol. The Morgan fingerprint density at radius 3 is 1.57 bits per heavy atom. The third kappa shape index (κ3) is 27.4. The van der Waals surface area contributed by atoms with Crippen LogP contribution in [0, 0.1) is 0 Å². The molecule has 0 saturated heterocycles. The first kappa shape index (κ1) is 9.83. The van der Waals surface area contributed by atoms with Crippen LogP contribution in [-0.2, 0) is 0 Å². The van der Waals surface area contributed by atoms with Gasteiger partial charge in [-0.05, 0) is 13.8 Å². The summed E-state index contributed by atoms with van der Waals surface area (Å²) >= 11 is 0. The molecule has 0 amide bonds. The molecule has 0 aromatic heterocycles. The predicted molar refractivity (Wildman–Crippen MR) is 31.9 cm³/mol. The van der Waals surface area contributed by atoms with Crippen molar-refractivity contribution in [2.75, 3.05) is 0 Å². The summed E-state index contributed by atoms with van der Waals surface area (Å²) in [4.78, 5) is 0. The fourth-order valence-electron chi connectivity index (χ4n) is 0. The summed E-state index contributed by atoms with van der Waals surface area (Å²) in [6, 6.07) is 0. The van der Waals surface area contributed by atoms with Crippen LogP contribution in [-0.4, -0.2) is 0 Å². The SMILES string of the molecule is C/C=C(/C)F.CC. The molecule has 0 aromatic rings. The molecular formula is C6H13F. The van der Waals surface area contributed by atoms with Gasteiger partial charge in [-0.2, -0.15) is 0 Å². The van der Waals surface area contributed by atoms with Crippen LogP contribution in [0.25, 0.3) is 0 Å². The van der Waals surface area contributed by atoms with Crippen LogP contribution < -0.4 is 0 Å². The zero-order valence-electron chi connectivity index (χ0n) is 5.46. The van der Waals surface area contributed by atoms with Gasteiger partial charge in [0.1, 0.15) is 0 Å². The zero-order chi connectivity index (χ0) is 6.28. The van der Waals surface area contributed by atoms with Gasteiger partial charge >= 0.3 is 0 Å². The van der Waals surface area contributed by atoms with Gasteiger partial charge in [-0.3, -0.25) is 0 Å². The maximum atomic E-state index is 11.3. The quantitative estimate of drug-likeness (QED) is 0.443. The number of hydrogen-bond donors (Lipinski definition) is 0. The van der Waals surface area contributed by atoms with E-state index in [2.05, 4.69) is 0 Å². The summed E-state index contributed by atoms with van der Waals surface area (Å²) < 4.78 is 11.3. The summed E-state index contributed by atoms with van der Waals surface area (Å²) in [7, 11) is 0. The van der Waals surface area contributed by atoms with Crippen molar-refractivity contribution >= 4 is 0 Å². The van der Waals surface area contributed by atoms with Crippen molar-refractivity contribution in [3.8, 4) is 0 Å². The van der Waals surface area contributed by atoms with E-state index >= 15 is 0 Å². The summed E-state index contributed by atoms with van der Waals surface area (Å²) in [6.45, 7) is 7.08.